The number of nitrogens with one attached hydrogen (secondary N) is 1. The summed E-state index contributed by atoms with van der Waals surface area (Å²) in [6.07, 6.45) is 1.33. The van der Waals surface area contributed by atoms with Gasteiger partial charge in [0, 0.05) is 10.9 Å². The van der Waals surface area contributed by atoms with Gasteiger partial charge in [0.1, 0.15) is 5.56 Å². The first-order valence-corrected chi connectivity index (χ1v) is 6.83. The molecule has 1 N–H and O–H groups in total. The van der Waals surface area contributed by atoms with E-state index in [2.05, 4.69) is 26.1 Å². The van der Waals surface area contributed by atoms with Crippen LogP contribution >= 0.6 is 15.9 Å². The molecule has 0 spiro atoms. The van der Waals surface area contributed by atoms with Crippen molar-refractivity contribution in [1.82, 2.24) is 10.2 Å². The van der Waals surface area contributed by atoms with E-state index in [1.807, 2.05) is 31.2 Å². The second-order valence-electron chi connectivity index (χ2n) is 4.17. The molecule has 0 aliphatic carbocycles. The molecule has 0 atom stereocenters. The molecule has 100 valence electrons. The number of nitrogens with zero attached hydrogens (tertiary/aromatic N) is 1. The van der Waals surface area contributed by atoms with Gasteiger partial charge < -0.3 is 4.74 Å². The molecule has 0 saturated heterocycles. The van der Waals surface area contributed by atoms with Crippen LogP contribution in [0.25, 0.3) is 0 Å². The van der Waals surface area contributed by atoms with Gasteiger partial charge in [0.15, 0.2) is 0 Å². The van der Waals surface area contributed by atoms with E-state index in [-0.39, 0.29) is 5.97 Å². The quantitative estimate of drug-likeness (QED) is 0.880. The molecule has 4 nitrogen and oxygen atoms in total. The summed E-state index contributed by atoms with van der Waals surface area (Å²) in [5.74, 6) is -0.335. The van der Waals surface area contributed by atoms with Crippen molar-refractivity contribution in [2.75, 3.05) is 7.11 Å². The minimum Gasteiger partial charge on any atom is -0.465 e. The highest BCUT2D eigenvalue weighted by Crippen LogP contribution is 2.18. The summed E-state index contributed by atoms with van der Waals surface area (Å²) in [5, 5.41) is 7.12. The van der Waals surface area contributed by atoms with E-state index in [1.54, 1.807) is 0 Å². The molecule has 0 unspecified atom stereocenters. The van der Waals surface area contributed by atoms with E-state index in [0.717, 1.165) is 21.4 Å². The largest absolute Gasteiger partial charge is 0.465 e. The summed E-state index contributed by atoms with van der Waals surface area (Å²) in [7, 11) is 1.39. The number of hydrogen-bond acceptors (Lipinski definition) is 3. The number of aromatic amines is 1. The third-order valence-electron chi connectivity index (χ3n) is 2.93. The Bertz CT molecular complexity index is 576. The number of H-pyrrole nitrogens is 1. The Morgan fingerprint density at radius 3 is 2.63 bits per heavy atom. The van der Waals surface area contributed by atoms with Gasteiger partial charge in [-0.15, -0.1) is 0 Å². The monoisotopic (exact) mass is 322 g/mol. The van der Waals surface area contributed by atoms with E-state index in [1.165, 1.54) is 7.11 Å². The van der Waals surface area contributed by atoms with E-state index < -0.39 is 0 Å². The number of hydrogen-bond donors (Lipinski definition) is 1. The first-order chi connectivity index (χ1) is 9.15. The minimum atomic E-state index is -0.335. The van der Waals surface area contributed by atoms with Crippen molar-refractivity contribution in [3.05, 3.63) is 51.3 Å². The predicted octanol–water partition coefficient (Wildman–Crippen LogP) is 3.11. The highest BCUT2D eigenvalue weighted by Gasteiger charge is 2.19. The van der Waals surface area contributed by atoms with Crippen LogP contribution in [0.5, 0.6) is 0 Å². The Hall–Kier alpha value is -1.62. The molecule has 0 amide bonds. The van der Waals surface area contributed by atoms with Gasteiger partial charge in [-0.2, -0.15) is 5.10 Å². The van der Waals surface area contributed by atoms with Gasteiger partial charge in [-0.25, -0.2) is 4.79 Å². The first kappa shape index (κ1) is 13.8. The summed E-state index contributed by atoms with van der Waals surface area (Å²) in [4.78, 5) is 11.8. The van der Waals surface area contributed by atoms with Crippen molar-refractivity contribution in [1.29, 1.82) is 0 Å². The van der Waals surface area contributed by atoms with E-state index >= 15 is 0 Å². The highest BCUT2D eigenvalue weighted by atomic mass is 79.9. The molecule has 0 aliphatic rings. The highest BCUT2D eigenvalue weighted by molar-refractivity contribution is 9.10. The van der Waals surface area contributed by atoms with Crippen LogP contribution < -0.4 is 0 Å². The number of aryl methyl sites for hydroxylation is 1. The van der Waals surface area contributed by atoms with Crippen molar-refractivity contribution >= 4 is 21.9 Å². The number of methoxy groups -OCH3 is 1. The average Bonchev–Trinajstić information content (AvgIpc) is 2.83. The van der Waals surface area contributed by atoms with Crippen molar-refractivity contribution in [3.8, 4) is 0 Å². The Morgan fingerprint density at radius 2 is 2.05 bits per heavy atom. The number of carbonyl (C=O) groups is 1. The van der Waals surface area contributed by atoms with Crippen molar-refractivity contribution in [2.45, 2.75) is 19.8 Å². The number of carbonyl (C=O) groups excluding carboxylic acids is 1. The standard InChI is InChI=1S/C14H15BrN2O2/c1-3-11-13(14(18)19-2)12(17-16-11)8-9-4-6-10(15)7-5-9/h4-7H,3,8H2,1-2H3,(H,16,17). The Kier molecular flexibility index (Phi) is 4.37. The number of ether oxygens (including phenoxy) is 1. The molecule has 2 aromatic rings. The lowest BCUT2D eigenvalue weighted by Crippen LogP contribution is -2.07. The molecule has 1 aromatic carbocycles. The smallest absolute Gasteiger partial charge is 0.341 e. The van der Waals surface area contributed by atoms with Crippen molar-refractivity contribution in [2.24, 2.45) is 0 Å². The number of rotatable bonds is 4. The maximum atomic E-state index is 11.8. The topological polar surface area (TPSA) is 55.0 Å². The fourth-order valence-corrected chi connectivity index (χ4v) is 2.22. The molecule has 1 heterocycles. The molecule has 0 fully saturated rings. The minimum absolute atomic E-state index is 0.335. The summed E-state index contributed by atoms with van der Waals surface area (Å²) < 4.78 is 5.86. The van der Waals surface area contributed by atoms with Gasteiger partial charge in [0.25, 0.3) is 0 Å². The van der Waals surface area contributed by atoms with Crippen LogP contribution in [0.3, 0.4) is 0 Å². The molecule has 1 aromatic heterocycles. The van der Waals surface area contributed by atoms with Gasteiger partial charge in [0.05, 0.1) is 18.5 Å². The predicted molar refractivity (Wildman–Crippen MR) is 76.3 cm³/mol. The molecule has 5 heteroatoms. The Morgan fingerprint density at radius 1 is 1.37 bits per heavy atom. The van der Waals surface area contributed by atoms with Crippen LogP contribution in [0, 0.1) is 0 Å². The van der Waals surface area contributed by atoms with Gasteiger partial charge in [-0.05, 0) is 24.1 Å². The van der Waals surface area contributed by atoms with Crippen LogP contribution in [0.1, 0.15) is 34.2 Å². The number of benzene rings is 1. The number of esters is 1. The SMILES string of the molecule is CCc1n[nH]c(Cc2ccc(Br)cc2)c1C(=O)OC. The van der Waals surface area contributed by atoms with Gasteiger partial charge >= 0.3 is 5.97 Å². The average molecular weight is 323 g/mol. The molecule has 0 aliphatic heterocycles. The zero-order valence-corrected chi connectivity index (χ0v) is 12.5. The van der Waals surface area contributed by atoms with Crippen molar-refractivity contribution < 1.29 is 9.53 Å². The zero-order chi connectivity index (χ0) is 13.8. The summed E-state index contributed by atoms with van der Waals surface area (Å²) in [6, 6.07) is 7.98. The van der Waals surface area contributed by atoms with Crippen LogP contribution in [0.2, 0.25) is 0 Å². The molecule has 0 bridgehead atoms. The maximum Gasteiger partial charge on any atom is 0.341 e. The summed E-state index contributed by atoms with van der Waals surface area (Å²) in [5.41, 5.74) is 3.22. The third-order valence-corrected chi connectivity index (χ3v) is 3.46. The Balaban J connectivity index is 2.32. The second kappa shape index (κ2) is 6.02. The van der Waals surface area contributed by atoms with Crippen LogP contribution in [-0.4, -0.2) is 23.3 Å². The lowest BCUT2D eigenvalue weighted by molar-refractivity contribution is 0.0598. The lowest BCUT2D eigenvalue weighted by Gasteiger charge is -2.04. The molecular weight excluding hydrogens is 308 g/mol. The van der Waals surface area contributed by atoms with Gasteiger partial charge in [0.2, 0.25) is 0 Å². The second-order valence-corrected chi connectivity index (χ2v) is 5.09. The van der Waals surface area contributed by atoms with E-state index in [4.69, 9.17) is 4.74 Å². The Labute approximate surface area is 120 Å². The van der Waals surface area contributed by atoms with Crippen LogP contribution in [0.4, 0.5) is 0 Å². The van der Waals surface area contributed by atoms with Gasteiger partial charge in [-0.3, -0.25) is 5.10 Å². The van der Waals surface area contributed by atoms with Crippen LogP contribution in [0.15, 0.2) is 28.7 Å². The first-order valence-electron chi connectivity index (χ1n) is 6.04. The van der Waals surface area contributed by atoms with Crippen molar-refractivity contribution in [3.63, 3.8) is 0 Å². The fourth-order valence-electron chi connectivity index (χ4n) is 1.95. The molecule has 0 radical (unpaired) electrons. The third kappa shape index (κ3) is 3.04. The van der Waals surface area contributed by atoms with Gasteiger partial charge in [-0.1, -0.05) is 35.0 Å². The van der Waals surface area contributed by atoms with Crippen LogP contribution in [-0.2, 0) is 17.6 Å². The number of halogens is 1. The molecule has 0 saturated carbocycles. The molecule has 2 rings (SSSR count). The number of aromatic nitrogens is 2. The summed E-state index contributed by atoms with van der Waals surface area (Å²) in [6.45, 7) is 1.96. The molecular formula is C14H15BrN2O2. The lowest BCUT2D eigenvalue weighted by atomic mass is 10.0. The zero-order valence-electron chi connectivity index (χ0n) is 10.9. The fraction of sp³-hybridized carbons (Fsp3) is 0.286. The summed E-state index contributed by atoms with van der Waals surface area (Å²) >= 11 is 3.40. The molecule has 19 heavy (non-hydrogen) atoms. The maximum absolute atomic E-state index is 11.8. The van der Waals surface area contributed by atoms with E-state index in [0.29, 0.717) is 18.4 Å². The normalized spacial score (nSPS) is 10.5. The van der Waals surface area contributed by atoms with E-state index in [9.17, 15) is 4.79 Å².